The van der Waals surface area contributed by atoms with Gasteiger partial charge in [-0.25, -0.2) is 17.8 Å². The molecule has 2 N–H and O–H groups in total. The van der Waals surface area contributed by atoms with Gasteiger partial charge in [-0.15, -0.1) is 5.10 Å². The van der Waals surface area contributed by atoms with Gasteiger partial charge in [0, 0.05) is 26.1 Å². The molecule has 1 aliphatic rings. The summed E-state index contributed by atoms with van der Waals surface area (Å²) in [4.78, 5) is 11.3. The Morgan fingerprint density at radius 2 is 2.16 bits per heavy atom. The lowest BCUT2D eigenvalue weighted by Crippen LogP contribution is -2.36. The maximum atomic E-state index is 12.0. The van der Waals surface area contributed by atoms with Crippen molar-refractivity contribution in [1.82, 2.24) is 25.0 Å². The fourth-order valence-corrected chi connectivity index (χ4v) is 3.66. The average Bonchev–Trinajstić information content (AvgIpc) is 3.11. The van der Waals surface area contributed by atoms with Crippen LogP contribution >= 0.6 is 15.9 Å². The Kier molecular flexibility index (Phi) is 4.21. The molecule has 1 aromatic heterocycles. The van der Waals surface area contributed by atoms with Crippen LogP contribution < -0.4 is 10.0 Å². The van der Waals surface area contributed by atoms with E-state index >= 15 is 0 Å². The second-order valence-electron chi connectivity index (χ2n) is 4.27. The summed E-state index contributed by atoms with van der Waals surface area (Å²) < 4.78 is 27.6. The summed E-state index contributed by atoms with van der Waals surface area (Å²) in [6, 6.07) is 0. The first-order valence-electron chi connectivity index (χ1n) is 5.74. The van der Waals surface area contributed by atoms with E-state index in [0.29, 0.717) is 0 Å². The molecule has 0 radical (unpaired) electrons. The molecule has 0 unspecified atom stereocenters. The van der Waals surface area contributed by atoms with E-state index in [1.165, 1.54) is 7.05 Å². The Labute approximate surface area is 119 Å². The highest BCUT2D eigenvalue weighted by atomic mass is 79.9. The first-order chi connectivity index (χ1) is 8.92. The van der Waals surface area contributed by atoms with E-state index in [4.69, 9.17) is 0 Å². The topological polar surface area (TPSA) is 106 Å². The Morgan fingerprint density at radius 1 is 1.47 bits per heavy atom. The fourth-order valence-electron chi connectivity index (χ4n) is 1.54. The van der Waals surface area contributed by atoms with Crippen LogP contribution in [0.25, 0.3) is 0 Å². The monoisotopic (exact) mass is 351 g/mol. The van der Waals surface area contributed by atoms with Crippen LogP contribution in [0.15, 0.2) is 9.63 Å². The molecule has 2 rings (SSSR count). The Balaban J connectivity index is 1.86. The van der Waals surface area contributed by atoms with Gasteiger partial charge in [-0.05, 0) is 28.8 Å². The molecule has 0 aliphatic heterocycles. The van der Waals surface area contributed by atoms with Crippen LogP contribution in [0, 0.1) is 5.92 Å². The molecule has 0 bridgehead atoms. The molecule has 0 spiro atoms. The molecule has 0 aromatic carbocycles. The van der Waals surface area contributed by atoms with Crippen LogP contribution in [0.4, 0.5) is 0 Å². The van der Waals surface area contributed by atoms with Crippen molar-refractivity contribution in [2.75, 3.05) is 13.1 Å². The molecule has 1 saturated carbocycles. The van der Waals surface area contributed by atoms with E-state index in [1.54, 1.807) is 0 Å². The van der Waals surface area contributed by atoms with Crippen molar-refractivity contribution in [3.63, 3.8) is 0 Å². The predicted octanol–water partition coefficient (Wildman–Crippen LogP) is -0.618. The van der Waals surface area contributed by atoms with E-state index in [-0.39, 0.29) is 34.5 Å². The maximum absolute atomic E-state index is 12.0. The number of sulfonamides is 1. The third-order valence-electron chi connectivity index (χ3n) is 2.66. The number of amides is 1. The zero-order valence-electron chi connectivity index (χ0n) is 10.3. The number of hydrogen-bond acceptors (Lipinski definition) is 5. The lowest BCUT2D eigenvalue weighted by atomic mass is 10.4. The summed E-state index contributed by atoms with van der Waals surface area (Å²) in [6.07, 6.45) is 1.84. The summed E-state index contributed by atoms with van der Waals surface area (Å²) >= 11 is 3.03. The normalized spacial score (nSPS) is 15.5. The van der Waals surface area contributed by atoms with Crippen molar-refractivity contribution in [2.45, 2.75) is 17.9 Å². The van der Waals surface area contributed by atoms with Crippen LogP contribution in [0.1, 0.15) is 12.8 Å². The summed E-state index contributed by atoms with van der Waals surface area (Å²) in [5.74, 6) is 0.106. The minimum atomic E-state index is -3.69. The molecule has 0 saturated heterocycles. The zero-order valence-corrected chi connectivity index (χ0v) is 12.7. The second kappa shape index (κ2) is 5.55. The van der Waals surface area contributed by atoms with Gasteiger partial charge in [0.15, 0.2) is 4.60 Å². The molecule has 10 heteroatoms. The summed E-state index contributed by atoms with van der Waals surface area (Å²) in [5.41, 5.74) is 0. The Morgan fingerprint density at radius 3 is 2.68 bits per heavy atom. The number of rotatable bonds is 6. The SMILES string of the molecule is Cn1nnc(Br)c1S(=O)(=O)NCCNC(=O)C1CC1. The number of nitrogens with one attached hydrogen (secondary N) is 2. The van der Waals surface area contributed by atoms with Crippen molar-refractivity contribution >= 4 is 31.9 Å². The van der Waals surface area contributed by atoms with Gasteiger partial charge in [-0.3, -0.25) is 4.79 Å². The molecule has 0 atom stereocenters. The molecule has 1 heterocycles. The van der Waals surface area contributed by atoms with Crippen LogP contribution in [-0.4, -0.2) is 42.4 Å². The second-order valence-corrected chi connectivity index (χ2v) is 6.71. The lowest BCUT2D eigenvalue weighted by molar-refractivity contribution is -0.122. The van der Waals surface area contributed by atoms with Crippen molar-refractivity contribution in [2.24, 2.45) is 13.0 Å². The van der Waals surface area contributed by atoms with Crippen LogP contribution in [0.3, 0.4) is 0 Å². The predicted molar refractivity (Wildman–Crippen MR) is 69.6 cm³/mol. The third-order valence-corrected chi connectivity index (χ3v) is 5.00. The number of aromatic nitrogens is 3. The van der Waals surface area contributed by atoms with Gasteiger partial charge in [0.25, 0.3) is 10.0 Å². The first-order valence-corrected chi connectivity index (χ1v) is 8.02. The number of carbonyl (C=O) groups excluding carboxylic acids is 1. The van der Waals surface area contributed by atoms with Crippen LogP contribution in [0.5, 0.6) is 0 Å². The molecule has 1 aliphatic carbocycles. The van der Waals surface area contributed by atoms with Gasteiger partial charge >= 0.3 is 0 Å². The lowest BCUT2D eigenvalue weighted by Gasteiger charge is -2.07. The third kappa shape index (κ3) is 3.51. The highest BCUT2D eigenvalue weighted by Gasteiger charge is 2.29. The molecule has 1 fully saturated rings. The number of aryl methyl sites for hydroxylation is 1. The van der Waals surface area contributed by atoms with Gasteiger partial charge in [0.2, 0.25) is 10.9 Å². The summed E-state index contributed by atoms with van der Waals surface area (Å²) in [7, 11) is -2.20. The van der Waals surface area contributed by atoms with E-state index in [0.717, 1.165) is 17.5 Å². The van der Waals surface area contributed by atoms with Gasteiger partial charge in [0.05, 0.1) is 0 Å². The number of hydrogen-bond donors (Lipinski definition) is 2. The van der Waals surface area contributed by atoms with Crippen LogP contribution in [0.2, 0.25) is 0 Å². The maximum Gasteiger partial charge on any atom is 0.260 e. The average molecular weight is 352 g/mol. The summed E-state index contributed by atoms with van der Waals surface area (Å²) in [5, 5.41) is 9.85. The fraction of sp³-hybridized carbons (Fsp3) is 0.667. The summed E-state index contributed by atoms with van der Waals surface area (Å²) in [6.45, 7) is 0.385. The van der Waals surface area contributed by atoms with Gasteiger partial charge in [-0.1, -0.05) is 5.21 Å². The molecule has 1 amide bonds. The smallest absolute Gasteiger partial charge is 0.260 e. The largest absolute Gasteiger partial charge is 0.355 e. The molecular formula is C9H14BrN5O3S. The first kappa shape index (κ1) is 14.4. The van der Waals surface area contributed by atoms with Crippen molar-refractivity contribution in [3.05, 3.63) is 4.60 Å². The van der Waals surface area contributed by atoms with Gasteiger partial charge in [0.1, 0.15) is 0 Å². The van der Waals surface area contributed by atoms with Crippen LogP contribution in [-0.2, 0) is 21.9 Å². The molecular weight excluding hydrogens is 338 g/mol. The van der Waals surface area contributed by atoms with Gasteiger partial charge < -0.3 is 5.32 Å². The number of carbonyl (C=O) groups is 1. The van der Waals surface area contributed by atoms with E-state index in [1.807, 2.05) is 0 Å². The van der Waals surface area contributed by atoms with E-state index in [9.17, 15) is 13.2 Å². The minimum Gasteiger partial charge on any atom is -0.355 e. The van der Waals surface area contributed by atoms with Crippen molar-refractivity contribution in [3.8, 4) is 0 Å². The highest BCUT2D eigenvalue weighted by molar-refractivity contribution is 9.10. The Bertz CT molecular complexity index is 561. The number of halogens is 1. The standard InChI is InChI=1S/C9H14BrN5O3S/c1-15-9(7(10)13-14-15)19(17,18)12-5-4-11-8(16)6-2-3-6/h6,12H,2-5H2,1H3,(H,11,16). The quantitative estimate of drug-likeness (QED) is 0.664. The van der Waals surface area contributed by atoms with Crippen molar-refractivity contribution < 1.29 is 13.2 Å². The minimum absolute atomic E-state index is 0.0115. The Hall–Kier alpha value is -1.00. The number of nitrogens with zero attached hydrogens (tertiary/aromatic N) is 3. The van der Waals surface area contributed by atoms with Crippen molar-refractivity contribution in [1.29, 1.82) is 0 Å². The van der Waals surface area contributed by atoms with Gasteiger partial charge in [-0.2, -0.15) is 0 Å². The highest BCUT2D eigenvalue weighted by Crippen LogP contribution is 2.28. The van der Waals surface area contributed by atoms with E-state index in [2.05, 4.69) is 36.3 Å². The molecule has 19 heavy (non-hydrogen) atoms. The molecule has 106 valence electrons. The molecule has 8 nitrogen and oxygen atoms in total. The molecule has 1 aromatic rings. The zero-order chi connectivity index (χ0) is 14.0. The van der Waals surface area contributed by atoms with E-state index < -0.39 is 10.0 Å².